The van der Waals surface area contributed by atoms with Gasteiger partial charge in [0.1, 0.15) is 5.82 Å². The lowest BCUT2D eigenvalue weighted by atomic mass is 9.87. The van der Waals surface area contributed by atoms with Crippen molar-refractivity contribution in [2.45, 2.75) is 31.8 Å². The van der Waals surface area contributed by atoms with Crippen molar-refractivity contribution in [1.82, 2.24) is 0 Å². The van der Waals surface area contributed by atoms with Crippen LogP contribution in [0, 0.1) is 5.82 Å². The Bertz CT molecular complexity index is 430. The first kappa shape index (κ1) is 11.9. The summed E-state index contributed by atoms with van der Waals surface area (Å²) in [5, 5.41) is 5.70. The summed E-state index contributed by atoms with van der Waals surface area (Å²) >= 11 is 0. The van der Waals surface area contributed by atoms with Gasteiger partial charge in [0, 0.05) is 24.7 Å². The molecule has 1 aromatic carbocycles. The number of carbonyl (C=O) groups excluding carboxylic acids is 1. The molecular weight excluding hydrogens is 221 g/mol. The number of halogens is 1. The molecule has 0 unspecified atom stereocenters. The Kier molecular flexibility index (Phi) is 3.28. The number of hydrogen-bond donors (Lipinski definition) is 3. The van der Waals surface area contributed by atoms with Gasteiger partial charge in [0.15, 0.2) is 0 Å². The molecule has 1 aromatic rings. The van der Waals surface area contributed by atoms with E-state index >= 15 is 0 Å². The summed E-state index contributed by atoms with van der Waals surface area (Å²) in [6.45, 7) is 1.35. The lowest BCUT2D eigenvalue weighted by Gasteiger charge is -2.33. The first-order valence-electron chi connectivity index (χ1n) is 5.64. The summed E-state index contributed by atoms with van der Waals surface area (Å²) in [7, 11) is 0. The SMILES string of the molecule is CC(=O)Nc1cc(NC2CC(N)C2)ccc1F. The van der Waals surface area contributed by atoms with Gasteiger partial charge in [0.2, 0.25) is 5.91 Å². The van der Waals surface area contributed by atoms with Crippen molar-refractivity contribution >= 4 is 17.3 Å². The van der Waals surface area contributed by atoms with Crippen LogP contribution < -0.4 is 16.4 Å². The minimum Gasteiger partial charge on any atom is -0.382 e. The average Bonchev–Trinajstić information content (AvgIpc) is 2.20. The van der Waals surface area contributed by atoms with Crippen LogP contribution in [-0.4, -0.2) is 18.0 Å². The molecule has 5 heteroatoms. The van der Waals surface area contributed by atoms with Crippen LogP contribution in [0.2, 0.25) is 0 Å². The highest BCUT2D eigenvalue weighted by atomic mass is 19.1. The fourth-order valence-electron chi connectivity index (χ4n) is 1.92. The van der Waals surface area contributed by atoms with E-state index in [0.717, 1.165) is 18.5 Å². The molecule has 1 amide bonds. The van der Waals surface area contributed by atoms with Gasteiger partial charge in [-0.15, -0.1) is 0 Å². The zero-order valence-electron chi connectivity index (χ0n) is 9.66. The van der Waals surface area contributed by atoms with Crippen LogP contribution in [0.25, 0.3) is 0 Å². The number of nitrogens with two attached hydrogens (primary N) is 1. The molecule has 0 radical (unpaired) electrons. The second-order valence-electron chi connectivity index (χ2n) is 4.45. The number of benzene rings is 1. The normalized spacial score (nSPS) is 22.8. The van der Waals surface area contributed by atoms with Crippen molar-refractivity contribution < 1.29 is 9.18 Å². The molecule has 1 aliphatic rings. The standard InChI is InChI=1S/C12H16FN3O/c1-7(17)15-12-6-9(2-3-11(12)13)16-10-4-8(14)5-10/h2-3,6,8,10,16H,4-5,14H2,1H3,(H,15,17). The van der Waals surface area contributed by atoms with Crippen LogP contribution in [0.4, 0.5) is 15.8 Å². The van der Waals surface area contributed by atoms with Gasteiger partial charge in [-0.25, -0.2) is 4.39 Å². The van der Waals surface area contributed by atoms with Gasteiger partial charge >= 0.3 is 0 Å². The summed E-state index contributed by atoms with van der Waals surface area (Å²) in [6.07, 6.45) is 1.85. The summed E-state index contributed by atoms with van der Waals surface area (Å²) in [6, 6.07) is 5.21. The minimum atomic E-state index is -0.434. The summed E-state index contributed by atoms with van der Waals surface area (Å²) in [4.78, 5) is 10.9. The fraction of sp³-hybridized carbons (Fsp3) is 0.417. The molecule has 1 fully saturated rings. The van der Waals surface area contributed by atoms with E-state index in [4.69, 9.17) is 5.73 Å². The van der Waals surface area contributed by atoms with E-state index in [1.807, 2.05) is 0 Å². The maximum atomic E-state index is 13.4. The van der Waals surface area contributed by atoms with Crippen molar-refractivity contribution in [3.05, 3.63) is 24.0 Å². The Hall–Kier alpha value is -1.62. The lowest BCUT2D eigenvalue weighted by Crippen LogP contribution is -2.44. The molecule has 17 heavy (non-hydrogen) atoms. The second kappa shape index (κ2) is 4.71. The molecule has 1 aliphatic carbocycles. The van der Waals surface area contributed by atoms with E-state index in [1.54, 1.807) is 12.1 Å². The van der Waals surface area contributed by atoms with E-state index in [2.05, 4.69) is 10.6 Å². The average molecular weight is 237 g/mol. The molecule has 92 valence electrons. The molecule has 2 rings (SSSR count). The van der Waals surface area contributed by atoms with Gasteiger partial charge in [0.25, 0.3) is 0 Å². The van der Waals surface area contributed by atoms with Gasteiger partial charge in [-0.3, -0.25) is 4.79 Å². The Morgan fingerprint density at radius 3 is 2.76 bits per heavy atom. The van der Waals surface area contributed by atoms with Crippen LogP contribution in [0.3, 0.4) is 0 Å². The smallest absolute Gasteiger partial charge is 0.221 e. The van der Waals surface area contributed by atoms with E-state index in [1.165, 1.54) is 13.0 Å². The maximum absolute atomic E-state index is 13.4. The zero-order valence-corrected chi connectivity index (χ0v) is 9.66. The van der Waals surface area contributed by atoms with Crippen LogP contribution in [0.15, 0.2) is 18.2 Å². The molecular formula is C12H16FN3O. The molecule has 4 N–H and O–H groups in total. The second-order valence-corrected chi connectivity index (χ2v) is 4.45. The summed E-state index contributed by atoms with van der Waals surface area (Å²) in [5.41, 5.74) is 6.68. The van der Waals surface area contributed by atoms with E-state index in [0.29, 0.717) is 6.04 Å². The number of hydrogen-bond acceptors (Lipinski definition) is 3. The molecule has 0 spiro atoms. The van der Waals surface area contributed by atoms with Crippen molar-refractivity contribution in [3.8, 4) is 0 Å². The molecule has 0 bridgehead atoms. The topological polar surface area (TPSA) is 67.2 Å². The predicted molar refractivity (Wildman–Crippen MR) is 65.3 cm³/mol. The first-order valence-corrected chi connectivity index (χ1v) is 5.64. The van der Waals surface area contributed by atoms with Crippen molar-refractivity contribution in [3.63, 3.8) is 0 Å². The van der Waals surface area contributed by atoms with Crippen molar-refractivity contribution in [2.75, 3.05) is 10.6 Å². The summed E-state index contributed by atoms with van der Waals surface area (Å²) < 4.78 is 13.4. The fourth-order valence-corrected chi connectivity index (χ4v) is 1.92. The van der Waals surface area contributed by atoms with Gasteiger partial charge in [-0.05, 0) is 31.0 Å². The van der Waals surface area contributed by atoms with E-state index in [-0.39, 0.29) is 17.6 Å². The molecule has 0 aromatic heterocycles. The van der Waals surface area contributed by atoms with Crippen LogP contribution >= 0.6 is 0 Å². The monoisotopic (exact) mass is 237 g/mol. The zero-order chi connectivity index (χ0) is 12.4. The van der Waals surface area contributed by atoms with Crippen LogP contribution in [-0.2, 0) is 4.79 Å². The molecule has 1 saturated carbocycles. The highest BCUT2D eigenvalue weighted by molar-refractivity contribution is 5.89. The van der Waals surface area contributed by atoms with Gasteiger partial charge in [-0.2, -0.15) is 0 Å². The third-order valence-electron chi connectivity index (χ3n) is 2.82. The largest absolute Gasteiger partial charge is 0.382 e. The number of anilines is 2. The highest BCUT2D eigenvalue weighted by Gasteiger charge is 2.25. The third kappa shape index (κ3) is 2.94. The Morgan fingerprint density at radius 1 is 1.47 bits per heavy atom. The quantitative estimate of drug-likeness (QED) is 0.749. The van der Waals surface area contributed by atoms with Crippen LogP contribution in [0.1, 0.15) is 19.8 Å². The molecule has 0 saturated heterocycles. The minimum absolute atomic E-state index is 0.200. The Labute approximate surface area is 99.4 Å². The number of rotatable bonds is 3. The molecule has 0 atom stereocenters. The number of amides is 1. The van der Waals surface area contributed by atoms with Gasteiger partial charge in [-0.1, -0.05) is 0 Å². The lowest BCUT2D eigenvalue weighted by molar-refractivity contribution is -0.114. The number of nitrogens with one attached hydrogen (secondary N) is 2. The highest BCUT2D eigenvalue weighted by Crippen LogP contribution is 2.25. The number of carbonyl (C=O) groups is 1. The summed E-state index contributed by atoms with van der Waals surface area (Å²) in [5.74, 6) is -0.720. The Balaban J connectivity index is 2.05. The van der Waals surface area contributed by atoms with Crippen molar-refractivity contribution in [2.24, 2.45) is 5.73 Å². The maximum Gasteiger partial charge on any atom is 0.221 e. The van der Waals surface area contributed by atoms with E-state index in [9.17, 15) is 9.18 Å². The third-order valence-corrected chi connectivity index (χ3v) is 2.82. The van der Waals surface area contributed by atoms with Gasteiger partial charge < -0.3 is 16.4 Å². The predicted octanol–water partition coefficient (Wildman–Crippen LogP) is 1.69. The molecule has 0 heterocycles. The molecule has 4 nitrogen and oxygen atoms in total. The Morgan fingerprint density at radius 2 is 2.18 bits per heavy atom. The van der Waals surface area contributed by atoms with Crippen molar-refractivity contribution in [1.29, 1.82) is 0 Å². The van der Waals surface area contributed by atoms with Crippen LogP contribution in [0.5, 0.6) is 0 Å². The first-order chi connectivity index (χ1) is 8.04. The van der Waals surface area contributed by atoms with Gasteiger partial charge in [0.05, 0.1) is 5.69 Å². The molecule has 0 aliphatic heterocycles. The van der Waals surface area contributed by atoms with E-state index < -0.39 is 5.82 Å².